The van der Waals surface area contributed by atoms with Crippen LogP contribution in [0.1, 0.15) is 30.8 Å². The van der Waals surface area contributed by atoms with Crippen molar-refractivity contribution in [3.8, 4) is 11.5 Å². The predicted molar refractivity (Wildman–Crippen MR) is 66.7 cm³/mol. The minimum Gasteiger partial charge on any atom is -0.419 e. The van der Waals surface area contributed by atoms with Crippen LogP contribution in [0.3, 0.4) is 0 Å². The fraction of sp³-hybridized carbons (Fsp3) is 0.333. The van der Waals surface area contributed by atoms with Crippen LogP contribution in [0.2, 0.25) is 5.02 Å². The van der Waals surface area contributed by atoms with Crippen LogP contribution in [0.4, 0.5) is 0 Å². The first-order chi connectivity index (χ1) is 8.10. The zero-order valence-corrected chi connectivity index (χ0v) is 10.5. The highest BCUT2D eigenvalue weighted by molar-refractivity contribution is 6.30. The Morgan fingerprint density at radius 3 is 2.76 bits per heavy atom. The molecule has 2 aromatic rings. The van der Waals surface area contributed by atoms with Crippen LogP contribution in [-0.4, -0.2) is 10.2 Å². The van der Waals surface area contributed by atoms with Crippen molar-refractivity contribution in [3.63, 3.8) is 0 Å². The lowest BCUT2D eigenvalue weighted by atomic mass is 10.1. The third-order valence-corrected chi connectivity index (χ3v) is 2.70. The number of halogens is 1. The van der Waals surface area contributed by atoms with Gasteiger partial charge in [-0.15, -0.1) is 10.2 Å². The van der Waals surface area contributed by atoms with Crippen LogP contribution >= 0.6 is 11.6 Å². The number of rotatable bonds is 3. The quantitative estimate of drug-likeness (QED) is 0.910. The summed E-state index contributed by atoms with van der Waals surface area (Å²) in [6.07, 6.45) is 0.760. The predicted octanol–water partition coefficient (Wildman–Crippen LogP) is 3.11. The fourth-order valence-electron chi connectivity index (χ4n) is 1.54. The van der Waals surface area contributed by atoms with Crippen LogP contribution in [0, 0.1) is 6.92 Å². The zero-order valence-electron chi connectivity index (χ0n) is 9.77. The lowest BCUT2D eigenvalue weighted by Crippen LogP contribution is -2.08. The normalized spacial score (nSPS) is 12.7. The molecule has 90 valence electrons. The van der Waals surface area contributed by atoms with Gasteiger partial charge in [0, 0.05) is 10.6 Å². The van der Waals surface area contributed by atoms with Crippen LogP contribution in [0.25, 0.3) is 11.5 Å². The SMILES string of the molecule is CCC(N)c1nnc(-c2cc(C)cc(Cl)c2)o1. The first kappa shape index (κ1) is 12.1. The number of nitrogens with zero attached hydrogens (tertiary/aromatic N) is 2. The van der Waals surface area contributed by atoms with Gasteiger partial charge in [-0.05, 0) is 37.1 Å². The summed E-state index contributed by atoms with van der Waals surface area (Å²) >= 11 is 5.98. The highest BCUT2D eigenvalue weighted by atomic mass is 35.5. The van der Waals surface area contributed by atoms with Crippen molar-refractivity contribution in [2.75, 3.05) is 0 Å². The van der Waals surface area contributed by atoms with E-state index in [0.717, 1.165) is 17.5 Å². The Labute approximate surface area is 105 Å². The van der Waals surface area contributed by atoms with E-state index >= 15 is 0 Å². The molecule has 1 aromatic carbocycles. The lowest BCUT2D eigenvalue weighted by Gasteiger charge is -2.01. The summed E-state index contributed by atoms with van der Waals surface area (Å²) in [6.45, 7) is 3.93. The summed E-state index contributed by atoms with van der Waals surface area (Å²) in [7, 11) is 0. The Morgan fingerprint density at radius 2 is 2.12 bits per heavy atom. The Hall–Kier alpha value is -1.39. The molecule has 4 nitrogen and oxygen atoms in total. The third kappa shape index (κ3) is 2.65. The second-order valence-electron chi connectivity index (χ2n) is 3.98. The van der Waals surface area contributed by atoms with E-state index in [1.165, 1.54) is 0 Å². The molecule has 2 N–H and O–H groups in total. The van der Waals surface area contributed by atoms with E-state index in [9.17, 15) is 0 Å². The molecule has 1 aromatic heterocycles. The third-order valence-electron chi connectivity index (χ3n) is 2.49. The average Bonchev–Trinajstić information content (AvgIpc) is 2.76. The summed E-state index contributed by atoms with van der Waals surface area (Å²) in [5, 5.41) is 8.57. The van der Waals surface area contributed by atoms with Crippen LogP contribution in [0.5, 0.6) is 0 Å². The first-order valence-electron chi connectivity index (χ1n) is 5.46. The molecule has 0 amide bonds. The van der Waals surface area contributed by atoms with Gasteiger partial charge in [0.15, 0.2) is 0 Å². The summed E-state index contributed by atoms with van der Waals surface area (Å²) in [4.78, 5) is 0. The van der Waals surface area contributed by atoms with Gasteiger partial charge >= 0.3 is 0 Å². The van der Waals surface area contributed by atoms with Gasteiger partial charge < -0.3 is 10.2 Å². The molecule has 0 fully saturated rings. The number of aryl methyl sites for hydroxylation is 1. The van der Waals surface area contributed by atoms with Crippen LogP contribution < -0.4 is 5.73 Å². The van der Waals surface area contributed by atoms with Gasteiger partial charge in [0.1, 0.15) is 0 Å². The molecule has 17 heavy (non-hydrogen) atoms. The highest BCUT2D eigenvalue weighted by Gasteiger charge is 2.14. The minimum atomic E-state index is -0.212. The smallest absolute Gasteiger partial charge is 0.247 e. The van der Waals surface area contributed by atoms with Crippen molar-refractivity contribution in [3.05, 3.63) is 34.7 Å². The summed E-state index contributed by atoms with van der Waals surface area (Å²) in [5.41, 5.74) is 7.69. The molecule has 0 aliphatic carbocycles. The molecule has 0 saturated carbocycles. The van der Waals surface area contributed by atoms with Crippen molar-refractivity contribution in [2.45, 2.75) is 26.3 Å². The van der Waals surface area contributed by atoms with Crippen molar-refractivity contribution < 1.29 is 4.42 Å². The zero-order chi connectivity index (χ0) is 12.4. The van der Waals surface area contributed by atoms with E-state index in [1.807, 2.05) is 26.0 Å². The molecule has 0 spiro atoms. The second kappa shape index (κ2) is 4.85. The summed E-state index contributed by atoms with van der Waals surface area (Å²) in [5.74, 6) is 0.912. The molecule has 0 aliphatic heterocycles. The van der Waals surface area contributed by atoms with Crippen LogP contribution in [-0.2, 0) is 0 Å². The number of nitrogens with two attached hydrogens (primary N) is 1. The van der Waals surface area contributed by atoms with Crippen molar-refractivity contribution in [1.29, 1.82) is 0 Å². The summed E-state index contributed by atoms with van der Waals surface area (Å²) in [6, 6.07) is 5.40. The highest BCUT2D eigenvalue weighted by Crippen LogP contribution is 2.25. The van der Waals surface area contributed by atoms with E-state index in [4.69, 9.17) is 21.8 Å². The Bertz CT molecular complexity index is 504. The number of aromatic nitrogens is 2. The molecule has 1 unspecified atom stereocenters. The Balaban J connectivity index is 2.36. The topological polar surface area (TPSA) is 64.9 Å². The monoisotopic (exact) mass is 251 g/mol. The number of benzene rings is 1. The first-order valence-corrected chi connectivity index (χ1v) is 5.84. The van der Waals surface area contributed by atoms with Crippen LogP contribution in [0.15, 0.2) is 22.6 Å². The molecule has 0 bridgehead atoms. The van der Waals surface area contributed by atoms with E-state index in [1.54, 1.807) is 6.07 Å². The van der Waals surface area contributed by atoms with Gasteiger partial charge in [-0.1, -0.05) is 18.5 Å². The maximum atomic E-state index is 5.98. The molecule has 2 rings (SSSR count). The average molecular weight is 252 g/mol. The molecular formula is C12H14ClN3O. The lowest BCUT2D eigenvalue weighted by molar-refractivity contribution is 0.452. The number of hydrogen-bond acceptors (Lipinski definition) is 4. The van der Waals surface area contributed by atoms with Crippen molar-refractivity contribution in [1.82, 2.24) is 10.2 Å². The van der Waals surface area contributed by atoms with Gasteiger partial charge in [-0.2, -0.15) is 0 Å². The minimum absolute atomic E-state index is 0.212. The van der Waals surface area contributed by atoms with Gasteiger partial charge in [0.05, 0.1) is 6.04 Å². The maximum absolute atomic E-state index is 5.98. The molecule has 1 atom stereocenters. The summed E-state index contributed by atoms with van der Waals surface area (Å²) < 4.78 is 5.53. The molecule has 0 aliphatic rings. The van der Waals surface area contributed by atoms with E-state index in [2.05, 4.69) is 10.2 Å². The molecule has 0 saturated heterocycles. The molecule has 0 radical (unpaired) electrons. The Kier molecular flexibility index (Phi) is 3.45. The second-order valence-corrected chi connectivity index (χ2v) is 4.41. The molecule has 1 heterocycles. The van der Waals surface area contributed by atoms with E-state index < -0.39 is 0 Å². The van der Waals surface area contributed by atoms with E-state index in [-0.39, 0.29) is 6.04 Å². The van der Waals surface area contributed by atoms with Gasteiger partial charge in [-0.3, -0.25) is 0 Å². The van der Waals surface area contributed by atoms with Gasteiger partial charge in [-0.25, -0.2) is 0 Å². The standard InChI is InChI=1S/C12H14ClN3O/c1-3-10(14)12-16-15-11(17-12)8-4-7(2)5-9(13)6-8/h4-6,10H,3,14H2,1-2H3. The maximum Gasteiger partial charge on any atom is 0.247 e. The van der Waals surface area contributed by atoms with Crippen molar-refractivity contribution >= 4 is 11.6 Å². The largest absolute Gasteiger partial charge is 0.419 e. The van der Waals surface area contributed by atoms with E-state index in [0.29, 0.717) is 16.8 Å². The van der Waals surface area contributed by atoms with Gasteiger partial charge in [0.2, 0.25) is 11.8 Å². The van der Waals surface area contributed by atoms with Gasteiger partial charge in [0.25, 0.3) is 0 Å². The molecule has 5 heteroatoms. The number of hydrogen-bond donors (Lipinski definition) is 1. The fourth-order valence-corrected chi connectivity index (χ4v) is 1.83. The van der Waals surface area contributed by atoms with Crippen molar-refractivity contribution in [2.24, 2.45) is 5.73 Å². The Morgan fingerprint density at radius 1 is 1.35 bits per heavy atom. The molecular weight excluding hydrogens is 238 g/mol.